The SMILES string of the molecule is Cc1ccc([NH+]2CCN(c3ncnc4c3oc3ccccc34)CC2)cc1.[Cl-]. The van der Waals surface area contributed by atoms with Gasteiger partial charge in [-0.05, 0) is 31.2 Å². The third-order valence-corrected chi connectivity index (χ3v) is 5.27. The number of aromatic nitrogens is 2. The summed E-state index contributed by atoms with van der Waals surface area (Å²) in [5.41, 5.74) is 5.24. The lowest BCUT2D eigenvalue weighted by Gasteiger charge is -2.32. The molecule has 0 spiro atoms. The number of rotatable bonds is 2. The van der Waals surface area contributed by atoms with Crippen molar-refractivity contribution >= 4 is 33.6 Å². The van der Waals surface area contributed by atoms with Gasteiger partial charge in [-0.1, -0.05) is 29.8 Å². The molecule has 1 aliphatic heterocycles. The maximum atomic E-state index is 6.09. The number of halogens is 1. The van der Waals surface area contributed by atoms with E-state index in [1.54, 1.807) is 6.33 Å². The zero-order chi connectivity index (χ0) is 17.5. The Kier molecular flexibility index (Phi) is 4.72. The fourth-order valence-electron chi connectivity index (χ4n) is 3.80. The standard InChI is InChI=1S/C21H20N4O.ClH/c1-15-6-8-16(9-7-15)24-10-12-25(13-11-24)21-20-19(22-14-23-21)17-4-2-3-5-18(17)26-20;/h2-9,14H,10-13H2,1H3;1H. The Hall–Kier alpha value is -2.63. The molecule has 1 fully saturated rings. The van der Waals surface area contributed by atoms with E-state index in [0.29, 0.717) is 0 Å². The van der Waals surface area contributed by atoms with Crippen LogP contribution >= 0.6 is 0 Å². The van der Waals surface area contributed by atoms with Crippen molar-refractivity contribution in [3.05, 3.63) is 60.4 Å². The molecule has 6 heteroatoms. The van der Waals surface area contributed by atoms with E-state index in [4.69, 9.17) is 4.42 Å². The van der Waals surface area contributed by atoms with E-state index in [0.717, 1.165) is 54.1 Å². The Balaban J connectivity index is 0.00000180. The summed E-state index contributed by atoms with van der Waals surface area (Å²) in [7, 11) is 0. The molecule has 3 heterocycles. The number of fused-ring (bicyclic) bond motifs is 3. The van der Waals surface area contributed by atoms with Gasteiger partial charge in [0, 0.05) is 5.39 Å². The number of furan rings is 1. The number of para-hydroxylation sites is 1. The van der Waals surface area contributed by atoms with Crippen molar-refractivity contribution < 1.29 is 21.7 Å². The summed E-state index contributed by atoms with van der Waals surface area (Å²) >= 11 is 0. The van der Waals surface area contributed by atoms with Gasteiger partial charge in [-0.15, -0.1) is 0 Å². The fourth-order valence-corrected chi connectivity index (χ4v) is 3.80. The molecule has 0 unspecified atom stereocenters. The van der Waals surface area contributed by atoms with E-state index in [1.165, 1.54) is 16.2 Å². The van der Waals surface area contributed by atoms with Crippen LogP contribution in [0, 0.1) is 6.92 Å². The molecule has 1 aliphatic rings. The Morgan fingerprint density at radius 1 is 0.963 bits per heavy atom. The first-order valence-corrected chi connectivity index (χ1v) is 9.08. The lowest BCUT2D eigenvalue weighted by atomic mass is 10.2. The molecular weight excluding hydrogens is 360 g/mol. The van der Waals surface area contributed by atoms with Crippen molar-refractivity contribution in [3.63, 3.8) is 0 Å². The first kappa shape index (κ1) is 17.8. The molecule has 4 aromatic rings. The predicted molar refractivity (Wildman–Crippen MR) is 103 cm³/mol. The molecule has 2 aromatic carbocycles. The number of hydrogen-bond donors (Lipinski definition) is 1. The molecule has 1 saturated heterocycles. The Bertz CT molecular complexity index is 1070. The van der Waals surface area contributed by atoms with Crippen LogP contribution in [0.4, 0.5) is 11.5 Å². The van der Waals surface area contributed by atoms with Crippen LogP contribution in [0.5, 0.6) is 0 Å². The highest BCUT2D eigenvalue weighted by Gasteiger charge is 2.25. The van der Waals surface area contributed by atoms with Gasteiger partial charge in [-0.3, -0.25) is 4.90 Å². The number of hydrogen-bond acceptors (Lipinski definition) is 4. The Morgan fingerprint density at radius 2 is 1.70 bits per heavy atom. The second kappa shape index (κ2) is 7.18. The topological polar surface area (TPSA) is 46.6 Å². The van der Waals surface area contributed by atoms with Crippen LogP contribution in [0.1, 0.15) is 5.56 Å². The monoisotopic (exact) mass is 380 g/mol. The maximum absolute atomic E-state index is 6.09. The van der Waals surface area contributed by atoms with Crippen molar-refractivity contribution in [2.75, 3.05) is 31.1 Å². The molecular formula is C21H21ClN4O. The number of piperazine rings is 1. The lowest BCUT2D eigenvalue weighted by molar-refractivity contribution is -0.833. The minimum Gasteiger partial charge on any atom is -1.00 e. The van der Waals surface area contributed by atoms with Crippen LogP contribution in [0.2, 0.25) is 0 Å². The van der Waals surface area contributed by atoms with E-state index in [-0.39, 0.29) is 12.4 Å². The molecule has 27 heavy (non-hydrogen) atoms. The molecule has 0 bridgehead atoms. The summed E-state index contributed by atoms with van der Waals surface area (Å²) in [6, 6.07) is 16.9. The van der Waals surface area contributed by atoms with Gasteiger partial charge in [0.05, 0.1) is 26.2 Å². The second-order valence-corrected chi connectivity index (χ2v) is 6.93. The Morgan fingerprint density at radius 3 is 2.48 bits per heavy atom. The highest BCUT2D eigenvalue weighted by molar-refractivity contribution is 6.05. The average Bonchev–Trinajstić information content (AvgIpc) is 3.08. The summed E-state index contributed by atoms with van der Waals surface area (Å²) in [4.78, 5) is 12.9. The summed E-state index contributed by atoms with van der Waals surface area (Å²) < 4.78 is 6.09. The van der Waals surface area contributed by atoms with Gasteiger partial charge in [0.25, 0.3) is 0 Å². The molecule has 0 saturated carbocycles. The first-order chi connectivity index (χ1) is 12.8. The molecule has 0 aliphatic carbocycles. The molecule has 0 atom stereocenters. The number of aryl methyl sites for hydroxylation is 1. The van der Waals surface area contributed by atoms with E-state index in [1.807, 2.05) is 18.2 Å². The molecule has 1 N–H and O–H groups in total. The summed E-state index contributed by atoms with van der Waals surface area (Å²) in [5.74, 6) is 0.911. The van der Waals surface area contributed by atoms with Crippen LogP contribution in [0.15, 0.2) is 59.3 Å². The third-order valence-electron chi connectivity index (χ3n) is 5.27. The van der Waals surface area contributed by atoms with Crippen molar-refractivity contribution in [2.45, 2.75) is 6.92 Å². The molecule has 138 valence electrons. The first-order valence-electron chi connectivity index (χ1n) is 9.08. The highest BCUT2D eigenvalue weighted by atomic mass is 35.5. The summed E-state index contributed by atoms with van der Waals surface area (Å²) in [6.45, 7) is 6.13. The number of anilines is 1. The Labute approximate surface area is 164 Å². The van der Waals surface area contributed by atoms with Crippen molar-refractivity contribution in [1.29, 1.82) is 0 Å². The number of nitrogens with one attached hydrogen (secondary N) is 1. The quantitative estimate of drug-likeness (QED) is 0.520. The van der Waals surface area contributed by atoms with Gasteiger partial charge in [-0.2, -0.15) is 0 Å². The van der Waals surface area contributed by atoms with Gasteiger partial charge in [0.2, 0.25) is 0 Å². The van der Waals surface area contributed by atoms with Gasteiger partial charge in [0.15, 0.2) is 11.4 Å². The number of nitrogens with zero attached hydrogens (tertiary/aromatic N) is 3. The average molecular weight is 381 g/mol. The van der Waals surface area contributed by atoms with Crippen LogP contribution < -0.4 is 22.2 Å². The molecule has 0 radical (unpaired) electrons. The largest absolute Gasteiger partial charge is 1.00 e. The van der Waals surface area contributed by atoms with Crippen LogP contribution in [-0.2, 0) is 0 Å². The van der Waals surface area contributed by atoms with Gasteiger partial charge < -0.3 is 21.7 Å². The van der Waals surface area contributed by atoms with E-state index in [9.17, 15) is 0 Å². The van der Waals surface area contributed by atoms with Crippen LogP contribution in [0.3, 0.4) is 0 Å². The molecule has 5 rings (SSSR count). The number of quaternary nitrogens is 1. The van der Waals surface area contributed by atoms with Crippen LogP contribution in [0.25, 0.3) is 22.1 Å². The second-order valence-electron chi connectivity index (χ2n) is 6.93. The third kappa shape index (κ3) is 3.13. The smallest absolute Gasteiger partial charge is 0.196 e. The minimum atomic E-state index is 0. The van der Waals surface area contributed by atoms with Crippen molar-refractivity contribution in [3.8, 4) is 0 Å². The minimum absolute atomic E-state index is 0. The summed E-state index contributed by atoms with van der Waals surface area (Å²) in [6.07, 6.45) is 1.65. The van der Waals surface area contributed by atoms with Crippen molar-refractivity contribution in [1.82, 2.24) is 9.97 Å². The zero-order valence-corrected chi connectivity index (χ0v) is 15.9. The van der Waals surface area contributed by atoms with Gasteiger partial charge in [-0.25, -0.2) is 9.97 Å². The predicted octanol–water partition coefficient (Wildman–Crippen LogP) is -0.275. The van der Waals surface area contributed by atoms with Gasteiger partial charge in [0.1, 0.15) is 23.1 Å². The molecule has 2 aromatic heterocycles. The number of benzene rings is 2. The molecule has 0 amide bonds. The molecule has 5 nitrogen and oxygen atoms in total. The van der Waals surface area contributed by atoms with E-state index in [2.05, 4.69) is 52.1 Å². The van der Waals surface area contributed by atoms with E-state index < -0.39 is 0 Å². The maximum Gasteiger partial charge on any atom is 0.196 e. The lowest BCUT2D eigenvalue weighted by Crippen LogP contribution is -3.10. The zero-order valence-electron chi connectivity index (χ0n) is 15.2. The highest BCUT2D eigenvalue weighted by Crippen LogP contribution is 2.31. The van der Waals surface area contributed by atoms with Gasteiger partial charge >= 0.3 is 0 Å². The normalized spacial score (nSPS) is 15.2. The summed E-state index contributed by atoms with van der Waals surface area (Å²) in [5, 5.41) is 1.05. The van der Waals surface area contributed by atoms with E-state index >= 15 is 0 Å². The fraction of sp³-hybridized carbons (Fsp3) is 0.238. The van der Waals surface area contributed by atoms with Crippen molar-refractivity contribution in [2.24, 2.45) is 0 Å². The van der Waals surface area contributed by atoms with Crippen LogP contribution in [-0.4, -0.2) is 36.1 Å².